The Morgan fingerprint density at radius 2 is 2.12 bits per heavy atom. The normalized spacial score (nSPS) is 30.8. The van der Waals surface area contributed by atoms with Crippen molar-refractivity contribution >= 4 is 33.6 Å². The molecule has 3 amide bonds. The Hall–Kier alpha value is -0.860. The van der Waals surface area contributed by atoms with Gasteiger partial charge in [-0.2, -0.15) is 4.31 Å². The summed E-state index contributed by atoms with van der Waals surface area (Å²) in [5.41, 5.74) is -1.11. The fourth-order valence-corrected chi connectivity index (χ4v) is 3.24. The van der Waals surface area contributed by atoms with Crippen molar-refractivity contribution < 1.29 is 18.0 Å². The number of imide groups is 1. The van der Waals surface area contributed by atoms with Gasteiger partial charge in [0.1, 0.15) is 10.8 Å². The lowest BCUT2D eigenvalue weighted by Crippen LogP contribution is -2.49. The molecule has 7 nitrogen and oxygen atoms in total. The second-order valence-corrected chi connectivity index (χ2v) is 6.35. The van der Waals surface area contributed by atoms with Crippen molar-refractivity contribution in [1.29, 1.82) is 0 Å². The lowest BCUT2D eigenvalue weighted by atomic mass is 10.00. The summed E-state index contributed by atoms with van der Waals surface area (Å²) in [5, 5.41) is 4.02. The first-order chi connectivity index (χ1) is 7.39. The Morgan fingerprint density at radius 1 is 1.44 bits per heavy atom. The summed E-state index contributed by atoms with van der Waals surface area (Å²) in [5.74, 6) is -0.482. The third-order valence-electron chi connectivity index (χ3n) is 2.78. The molecule has 2 fully saturated rings. The van der Waals surface area contributed by atoms with Crippen molar-refractivity contribution in [3.8, 4) is 0 Å². The molecule has 2 N–H and O–H groups in total. The number of rotatable bonds is 2. The summed E-state index contributed by atoms with van der Waals surface area (Å²) in [4.78, 5) is 22.5. The van der Waals surface area contributed by atoms with Crippen LogP contribution in [0.5, 0.6) is 0 Å². The average Bonchev–Trinajstić information content (AvgIpc) is 2.74. The summed E-state index contributed by atoms with van der Waals surface area (Å²) < 4.78 is 24.1. The highest BCUT2D eigenvalue weighted by Crippen LogP contribution is 2.26. The molecule has 0 aromatic carbocycles. The van der Waals surface area contributed by atoms with Crippen molar-refractivity contribution in [2.45, 2.75) is 12.0 Å². The zero-order valence-corrected chi connectivity index (χ0v) is 9.77. The van der Waals surface area contributed by atoms with E-state index in [9.17, 15) is 18.0 Å². The Labute approximate surface area is 97.2 Å². The smallest absolute Gasteiger partial charge is 0.322 e. The van der Waals surface area contributed by atoms with Gasteiger partial charge in [0.2, 0.25) is 10.0 Å². The first-order valence-corrected chi connectivity index (χ1v) is 6.71. The van der Waals surface area contributed by atoms with E-state index in [0.717, 1.165) is 4.31 Å². The van der Waals surface area contributed by atoms with E-state index in [1.807, 2.05) is 0 Å². The SMILES string of the molecule is O=C1NC(=O)C2(CCN(S(=O)(=O)CCl)C2)N1. The van der Waals surface area contributed by atoms with Crippen LogP contribution in [0.2, 0.25) is 0 Å². The maximum Gasteiger partial charge on any atom is 0.322 e. The largest absolute Gasteiger partial charge is 0.322 e. The lowest BCUT2D eigenvalue weighted by Gasteiger charge is -2.20. The quantitative estimate of drug-likeness (QED) is 0.485. The number of carbonyl (C=O) groups excluding carboxylic acids is 2. The molecule has 90 valence electrons. The van der Waals surface area contributed by atoms with Crippen molar-refractivity contribution in [3.05, 3.63) is 0 Å². The molecule has 0 aliphatic carbocycles. The fourth-order valence-electron chi connectivity index (χ4n) is 1.90. The van der Waals surface area contributed by atoms with Crippen molar-refractivity contribution in [2.24, 2.45) is 0 Å². The summed E-state index contributed by atoms with van der Waals surface area (Å²) >= 11 is 5.32. The van der Waals surface area contributed by atoms with E-state index in [0.29, 0.717) is 0 Å². The number of nitrogens with zero attached hydrogens (tertiary/aromatic N) is 1. The minimum absolute atomic E-state index is 0.0559. The highest BCUT2D eigenvalue weighted by atomic mass is 35.5. The van der Waals surface area contributed by atoms with Gasteiger partial charge in [0.05, 0.1) is 0 Å². The van der Waals surface area contributed by atoms with Crippen LogP contribution in [0.1, 0.15) is 6.42 Å². The molecule has 2 heterocycles. The molecule has 1 spiro atoms. The van der Waals surface area contributed by atoms with Gasteiger partial charge in [0.25, 0.3) is 5.91 Å². The Bertz CT molecular complexity index is 451. The number of halogens is 1. The Morgan fingerprint density at radius 3 is 2.62 bits per heavy atom. The Kier molecular flexibility index (Phi) is 2.59. The fraction of sp³-hybridized carbons (Fsp3) is 0.714. The lowest BCUT2D eigenvalue weighted by molar-refractivity contribution is -0.123. The first-order valence-electron chi connectivity index (χ1n) is 4.57. The molecule has 2 aliphatic heterocycles. The van der Waals surface area contributed by atoms with Crippen molar-refractivity contribution in [1.82, 2.24) is 14.9 Å². The number of nitrogens with one attached hydrogen (secondary N) is 2. The number of sulfonamides is 1. The molecular formula is C7H10ClN3O4S. The maximum absolute atomic E-state index is 11.5. The second kappa shape index (κ2) is 3.57. The maximum atomic E-state index is 11.5. The molecule has 0 saturated carbocycles. The topological polar surface area (TPSA) is 95.6 Å². The van der Waals surface area contributed by atoms with Crippen LogP contribution in [0.15, 0.2) is 0 Å². The van der Waals surface area contributed by atoms with Crippen molar-refractivity contribution in [2.75, 3.05) is 18.3 Å². The summed E-state index contributed by atoms with van der Waals surface area (Å²) in [6.45, 7) is 0.127. The molecule has 9 heteroatoms. The number of carbonyl (C=O) groups is 2. The number of alkyl halides is 1. The van der Waals surface area contributed by atoms with Crippen LogP contribution in [0.25, 0.3) is 0 Å². The standard InChI is InChI=1S/C7H10ClN3O4S/c8-4-16(14,15)11-2-1-7(3-11)5(12)9-6(13)10-7/h1-4H2,(H2,9,10,12,13). The molecular weight excluding hydrogens is 258 g/mol. The third kappa shape index (κ3) is 1.66. The van der Waals surface area contributed by atoms with Crippen LogP contribution in [0, 0.1) is 0 Å². The first kappa shape index (κ1) is 11.6. The molecule has 1 atom stereocenters. The monoisotopic (exact) mass is 267 g/mol. The van der Waals surface area contributed by atoms with Crippen molar-refractivity contribution in [3.63, 3.8) is 0 Å². The predicted molar refractivity (Wildman–Crippen MR) is 55.2 cm³/mol. The number of urea groups is 1. The van der Waals surface area contributed by atoms with E-state index in [1.54, 1.807) is 0 Å². The molecule has 16 heavy (non-hydrogen) atoms. The van der Waals surface area contributed by atoms with Gasteiger partial charge in [-0.05, 0) is 6.42 Å². The third-order valence-corrected chi connectivity index (χ3v) is 4.98. The minimum atomic E-state index is -3.53. The van der Waals surface area contributed by atoms with Gasteiger partial charge in [0.15, 0.2) is 0 Å². The molecule has 2 aliphatic rings. The van der Waals surface area contributed by atoms with E-state index < -0.39 is 32.7 Å². The zero-order chi connectivity index (χ0) is 12.0. The molecule has 2 saturated heterocycles. The van der Waals surface area contributed by atoms with Crippen LogP contribution >= 0.6 is 11.6 Å². The van der Waals surface area contributed by atoms with Crippen LogP contribution in [-0.2, 0) is 14.8 Å². The van der Waals surface area contributed by atoms with E-state index in [-0.39, 0.29) is 19.5 Å². The highest BCUT2D eigenvalue weighted by molar-refractivity contribution is 7.90. The second-order valence-electron chi connectivity index (χ2n) is 3.79. The molecule has 2 rings (SSSR count). The van der Waals surface area contributed by atoms with E-state index in [2.05, 4.69) is 10.6 Å². The summed E-state index contributed by atoms with van der Waals surface area (Å²) in [7, 11) is -3.53. The van der Waals surface area contributed by atoms with Gasteiger partial charge in [-0.1, -0.05) is 0 Å². The molecule has 0 aromatic heterocycles. The highest BCUT2D eigenvalue weighted by Gasteiger charge is 2.52. The summed E-state index contributed by atoms with van der Waals surface area (Å²) in [6.07, 6.45) is 0.265. The van der Waals surface area contributed by atoms with Crippen LogP contribution in [0.3, 0.4) is 0 Å². The van der Waals surface area contributed by atoms with Crippen LogP contribution in [0.4, 0.5) is 4.79 Å². The summed E-state index contributed by atoms with van der Waals surface area (Å²) in [6, 6.07) is -0.588. The van der Waals surface area contributed by atoms with E-state index >= 15 is 0 Å². The van der Waals surface area contributed by atoms with E-state index in [1.165, 1.54) is 0 Å². The van der Waals surface area contributed by atoms with Gasteiger partial charge < -0.3 is 5.32 Å². The Balaban J connectivity index is 2.20. The molecule has 0 radical (unpaired) electrons. The van der Waals surface area contributed by atoms with Gasteiger partial charge >= 0.3 is 6.03 Å². The number of hydrogen-bond donors (Lipinski definition) is 2. The van der Waals surface area contributed by atoms with E-state index in [4.69, 9.17) is 11.6 Å². The van der Waals surface area contributed by atoms with Crippen LogP contribution < -0.4 is 10.6 Å². The molecule has 0 aromatic rings. The van der Waals surface area contributed by atoms with Gasteiger partial charge in [0, 0.05) is 13.1 Å². The van der Waals surface area contributed by atoms with Gasteiger partial charge in [-0.3, -0.25) is 10.1 Å². The van der Waals surface area contributed by atoms with Gasteiger partial charge in [-0.15, -0.1) is 11.6 Å². The van der Waals surface area contributed by atoms with Gasteiger partial charge in [-0.25, -0.2) is 13.2 Å². The molecule has 1 unspecified atom stereocenters. The number of amides is 3. The predicted octanol–water partition coefficient (Wildman–Crippen LogP) is -1.20. The minimum Gasteiger partial charge on any atom is -0.322 e. The average molecular weight is 268 g/mol. The zero-order valence-electron chi connectivity index (χ0n) is 8.19. The molecule has 0 bridgehead atoms. The van der Waals surface area contributed by atoms with Crippen LogP contribution in [-0.4, -0.2) is 48.5 Å². The number of hydrogen-bond acceptors (Lipinski definition) is 4.